The van der Waals surface area contributed by atoms with Gasteiger partial charge in [-0.1, -0.05) is 28.1 Å². The molecule has 0 aliphatic carbocycles. The number of pyridine rings is 1. The zero-order chi connectivity index (χ0) is 18.7. The van der Waals surface area contributed by atoms with Gasteiger partial charge in [-0.2, -0.15) is 0 Å². The number of phenolic OH excluding ortho intramolecular Hbond substituents is 1. The Morgan fingerprint density at radius 2 is 2.04 bits per heavy atom. The Kier molecular flexibility index (Phi) is 5.27. The Bertz CT molecular complexity index is 975. The van der Waals surface area contributed by atoms with Crippen LogP contribution in [-0.2, 0) is 11.3 Å². The van der Waals surface area contributed by atoms with E-state index in [1.54, 1.807) is 24.3 Å². The average Bonchev–Trinajstić information content (AvgIpc) is 2.66. The van der Waals surface area contributed by atoms with E-state index in [0.717, 1.165) is 9.86 Å². The number of rotatable bonds is 5. The Morgan fingerprint density at radius 1 is 1.23 bits per heavy atom. The molecule has 0 saturated carbocycles. The Labute approximate surface area is 158 Å². The van der Waals surface area contributed by atoms with Gasteiger partial charge in [-0.05, 0) is 30.3 Å². The number of esters is 1. The number of anilines is 1. The van der Waals surface area contributed by atoms with Gasteiger partial charge in [0.1, 0.15) is 0 Å². The van der Waals surface area contributed by atoms with Gasteiger partial charge in [0.2, 0.25) is 0 Å². The molecule has 0 spiro atoms. The highest BCUT2D eigenvalue weighted by Gasteiger charge is 2.14. The summed E-state index contributed by atoms with van der Waals surface area (Å²) in [5, 5.41) is 14.3. The smallest absolute Gasteiger partial charge is 0.356 e. The van der Waals surface area contributed by atoms with Gasteiger partial charge in [0, 0.05) is 27.7 Å². The number of fused-ring (bicyclic) bond motifs is 1. The molecule has 7 heteroatoms. The van der Waals surface area contributed by atoms with E-state index >= 15 is 0 Å². The van der Waals surface area contributed by atoms with Crippen LogP contribution < -0.4 is 10.1 Å². The second-order valence-corrected chi connectivity index (χ2v) is 6.45. The highest BCUT2D eigenvalue weighted by molar-refractivity contribution is 9.10. The minimum Gasteiger partial charge on any atom is -0.504 e. The van der Waals surface area contributed by atoms with Crippen molar-refractivity contribution >= 4 is 38.5 Å². The van der Waals surface area contributed by atoms with Crippen molar-refractivity contribution in [1.82, 2.24) is 4.98 Å². The van der Waals surface area contributed by atoms with E-state index in [9.17, 15) is 9.90 Å². The topological polar surface area (TPSA) is 80.7 Å². The molecule has 3 aromatic rings. The lowest BCUT2D eigenvalue weighted by Gasteiger charge is -2.13. The van der Waals surface area contributed by atoms with Crippen LogP contribution in [0, 0.1) is 0 Å². The van der Waals surface area contributed by atoms with Gasteiger partial charge in [0.15, 0.2) is 17.2 Å². The molecule has 26 heavy (non-hydrogen) atoms. The van der Waals surface area contributed by atoms with Gasteiger partial charge >= 0.3 is 5.97 Å². The summed E-state index contributed by atoms with van der Waals surface area (Å²) < 4.78 is 10.8. The molecule has 134 valence electrons. The molecule has 2 aromatic carbocycles. The van der Waals surface area contributed by atoms with Crippen LogP contribution in [0.2, 0.25) is 0 Å². The number of phenols is 1. The predicted octanol–water partition coefficient (Wildman–Crippen LogP) is 4.11. The van der Waals surface area contributed by atoms with Crippen LogP contribution in [0.3, 0.4) is 0 Å². The number of hydrogen-bond donors (Lipinski definition) is 2. The van der Waals surface area contributed by atoms with E-state index in [1.165, 1.54) is 14.2 Å². The van der Waals surface area contributed by atoms with Crippen LogP contribution in [0.25, 0.3) is 10.9 Å². The third-order valence-corrected chi connectivity index (χ3v) is 4.43. The zero-order valence-corrected chi connectivity index (χ0v) is 15.8. The minimum atomic E-state index is -0.512. The Hall–Kier alpha value is -2.80. The number of ether oxygens (including phenoxy) is 2. The molecular weight excluding hydrogens is 400 g/mol. The van der Waals surface area contributed by atoms with Gasteiger partial charge in [-0.15, -0.1) is 0 Å². The van der Waals surface area contributed by atoms with Crippen molar-refractivity contribution in [2.24, 2.45) is 0 Å². The van der Waals surface area contributed by atoms with Crippen molar-refractivity contribution in [3.8, 4) is 11.5 Å². The van der Waals surface area contributed by atoms with Crippen molar-refractivity contribution in [3.05, 3.63) is 58.2 Å². The van der Waals surface area contributed by atoms with Crippen molar-refractivity contribution in [1.29, 1.82) is 0 Å². The quantitative estimate of drug-likeness (QED) is 0.609. The number of para-hydroxylation sites is 1. The first-order valence-electron chi connectivity index (χ1n) is 7.81. The molecule has 0 fully saturated rings. The molecule has 0 amide bonds. The normalized spacial score (nSPS) is 10.6. The monoisotopic (exact) mass is 416 g/mol. The van der Waals surface area contributed by atoms with Gasteiger partial charge in [-0.3, -0.25) is 0 Å². The lowest BCUT2D eigenvalue weighted by atomic mass is 10.1. The van der Waals surface area contributed by atoms with E-state index in [0.29, 0.717) is 29.1 Å². The number of methoxy groups -OCH3 is 2. The fraction of sp³-hybridized carbons (Fsp3) is 0.158. The van der Waals surface area contributed by atoms with Crippen molar-refractivity contribution in [2.45, 2.75) is 6.54 Å². The molecule has 3 rings (SSSR count). The summed E-state index contributed by atoms with van der Waals surface area (Å²) in [6.07, 6.45) is 0. The number of aromatic nitrogens is 1. The molecular formula is C19H17BrN2O4. The van der Waals surface area contributed by atoms with E-state index < -0.39 is 5.97 Å². The highest BCUT2D eigenvalue weighted by Crippen LogP contribution is 2.31. The molecule has 0 bridgehead atoms. The molecule has 0 aliphatic rings. The van der Waals surface area contributed by atoms with Gasteiger partial charge in [0.25, 0.3) is 0 Å². The maximum Gasteiger partial charge on any atom is 0.356 e. The number of aromatic hydroxyl groups is 1. The predicted molar refractivity (Wildman–Crippen MR) is 103 cm³/mol. The fourth-order valence-corrected chi connectivity index (χ4v) is 2.98. The maximum absolute atomic E-state index is 11.9. The Morgan fingerprint density at radius 3 is 2.77 bits per heavy atom. The van der Waals surface area contributed by atoms with Crippen LogP contribution in [0.5, 0.6) is 11.5 Å². The molecule has 0 unspecified atom stereocenters. The standard InChI is InChI=1S/C19H17BrN2O4/c1-25-17-5-3-4-11(18(17)23)10-21-15-9-16(19(24)26-2)22-14-7-6-12(20)8-13(14)15/h3-9,23H,10H2,1-2H3,(H,21,22). The third kappa shape index (κ3) is 3.57. The number of carbonyl (C=O) groups excluding carboxylic acids is 1. The van der Waals surface area contributed by atoms with Gasteiger partial charge in [0.05, 0.1) is 19.7 Å². The molecule has 1 aromatic heterocycles. The van der Waals surface area contributed by atoms with Gasteiger partial charge in [-0.25, -0.2) is 9.78 Å². The number of hydrogen-bond acceptors (Lipinski definition) is 6. The van der Waals surface area contributed by atoms with Crippen LogP contribution in [0.4, 0.5) is 5.69 Å². The van der Waals surface area contributed by atoms with E-state index in [1.807, 2.05) is 18.2 Å². The summed E-state index contributed by atoms with van der Waals surface area (Å²) in [4.78, 5) is 16.3. The lowest BCUT2D eigenvalue weighted by molar-refractivity contribution is 0.0594. The SMILES string of the molecule is COC(=O)c1cc(NCc2cccc(OC)c2O)c2cc(Br)ccc2n1. The van der Waals surface area contributed by atoms with Crippen molar-refractivity contribution in [2.75, 3.05) is 19.5 Å². The van der Waals surface area contributed by atoms with E-state index in [2.05, 4.69) is 26.2 Å². The molecule has 0 atom stereocenters. The largest absolute Gasteiger partial charge is 0.504 e. The van der Waals surface area contributed by atoms with Crippen LogP contribution in [0.1, 0.15) is 16.1 Å². The molecule has 1 heterocycles. The summed E-state index contributed by atoms with van der Waals surface area (Å²) in [5.74, 6) is -0.0285. The number of nitrogens with zero attached hydrogens (tertiary/aromatic N) is 1. The second kappa shape index (κ2) is 7.61. The minimum absolute atomic E-state index is 0.0789. The Balaban J connectivity index is 2.00. The molecule has 0 aliphatic heterocycles. The summed E-state index contributed by atoms with van der Waals surface area (Å²) >= 11 is 3.45. The third-order valence-electron chi connectivity index (χ3n) is 3.94. The number of halogens is 1. The lowest BCUT2D eigenvalue weighted by Crippen LogP contribution is -2.07. The number of nitrogens with one attached hydrogen (secondary N) is 1. The molecule has 2 N–H and O–H groups in total. The summed E-state index contributed by atoms with van der Waals surface area (Å²) in [6, 6.07) is 12.5. The molecule has 0 radical (unpaired) electrons. The zero-order valence-electron chi connectivity index (χ0n) is 14.2. The van der Waals surface area contributed by atoms with E-state index in [-0.39, 0.29) is 11.4 Å². The average molecular weight is 417 g/mol. The first-order valence-corrected chi connectivity index (χ1v) is 8.60. The fourth-order valence-electron chi connectivity index (χ4n) is 2.62. The first-order chi connectivity index (χ1) is 12.5. The van der Waals surface area contributed by atoms with Crippen molar-refractivity contribution < 1.29 is 19.4 Å². The highest BCUT2D eigenvalue weighted by atomic mass is 79.9. The van der Waals surface area contributed by atoms with Crippen LogP contribution in [0.15, 0.2) is 46.9 Å². The second-order valence-electron chi connectivity index (χ2n) is 5.53. The summed E-state index contributed by atoms with van der Waals surface area (Å²) in [5.41, 5.74) is 2.25. The summed E-state index contributed by atoms with van der Waals surface area (Å²) in [6.45, 7) is 0.343. The van der Waals surface area contributed by atoms with Crippen LogP contribution in [-0.4, -0.2) is 30.3 Å². The summed E-state index contributed by atoms with van der Waals surface area (Å²) in [7, 11) is 2.82. The van der Waals surface area contributed by atoms with Crippen LogP contribution >= 0.6 is 15.9 Å². The van der Waals surface area contributed by atoms with Crippen molar-refractivity contribution in [3.63, 3.8) is 0 Å². The number of benzene rings is 2. The first kappa shape index (κ1) is 18.0. The van der Waals surface area contributed by atoms with Gasteiger partial charge < -0.3 is 19.9 Å². The maximum atomic E-state index is 11.9. The number of carbonyl (C=O) groups is 1. The van der Waals surface area contributed by atoms with E-state index in [4.69, 9.17) is 9.47 Å². The molecule has 0 saturated heterocycles. The molecule has 6 nitrogen and oxygen atoms in total.